The largest absolute Gasteiger partial charge is 0.470 e. The maximum absolute atomic E-state index is 13.5. The summed E-state index contributed by atoms with van der Waals surface area (Å²) in [6, 6.07) is 10.5. The molecule has 0 bridgehead atoms. The molecule has 7 heterocycles. The Morgan fingerprint density at radius 1 is 1.18 bits per heavy atom. The predicted molar refractivity (Wildman–Crippen MR) is 178 cm³/mol. The highest BCUT2D eigenvalue weighted by atomic mass is 32.2. The van der Waals surface area contributed by atoms with Crippen LogP contribution in [-0.2, 0) is 41.8 Å². The van der Waals surface area contributed by atoms with Crippen LogP contribution in [0.2, 0.25) is 0 Å². The number of nitrogens with one attached hydrogen (secondary N) is 1. The summed E-state index contributed by atoms with van der Waals surface area (Å²) < 4.78 is 63.3. The van der Waals surface area contributed by atoms with Crippen LogP contribution in [0.3, 0.4) is 0 Å². The Morgan fingerprint density at radius 2 is 2.00 bits per heavy atom. The zero-order valence-corrected chi connectivity index (χ0v) is 28.5. The third-order valence-electron chi connectivity index (χ3n) is 8.47. The van der Waals surface area contributed by atoms with Crippen molar-refractivity contribution in [2.24, 2.45) is 0 Å². The van der Waals surface area contributed by atoms with E-state index in [1.807, 2.05) is 0 Å². The second-order valence-electron chi connectivity index (χ2n) is 11.4. The van der Waals surface area contributed by atoms with Gasteiger partial charge < -0.3 is 10.1 Å². The van der Waals surface area contributed by atoms with Crippen LogP contribution in [0.4, 0.5) is 5.82 Å². The minimum atomic E-state index is -4.01. The maximum atomic E-state index is 13.5. The summed E-state index contributed by atoms with van der Waals surface area (Å²) in [5, 5.41) is 19.0. The third kappa shape index (κ3) is 5.42. The molecular weight excluding hydrogens is 693 g/mol. The van der Waals surface area contributed by atoms with Gasteiger partial charge in [0.1, 0.15) is 23.3 Å². The lowest BCUT2D eigenvalue weighted by molar-refractivity contribution is -0.113. The minimum absolute atomic E-state index is 0.0270. The van der Waals surface area contributed by atoms with Crippen molar-refractivity contribution in [3.63, 3.8) is 0 Å². The van der Waals surface area contributed by atoms with Gasteiger partial charge in [0.15, 0.2) is 22.4 Å². The number of fused-ring (bicyclic) bond motifs is 2. The molecule has 1 N–H and O–H groups in total. The standard InChI is InChI=1S/C30H28N10O6S3/c1-3-48(42,43)39-16-30(17-39,9-10-31)40-15-20(14-35-40)24-21-7-12-38(27(21)34-18-33-24)19-46-26-22-8-13-47-29(22)49(44,45)37(2)25(26)28(41)36-23-6-4-5-11-32-23/h4-8,11-15,18H,3,9,16-17,19H2,1-2H3,(H,32,36,41). The molecule has 0 aliphatic carbocycles. The van der Waals surface area contributed by atoms with Crippen molar-refractivity contribution in [3.05, 3.63) is 78.1 Å². The van der Waals surface area contributed by atoms with Crippen molar-refractivity contribution in [2.75, 3.05) is 31.2 Å². The average molecular weight is 721 g/mol. The number of likely N-dealkylation sites (N-methyl/N-ethyl adjacent to an activating group) is 1. The number of sulfonamides is 2. The number of nitriles is 1. The Kier molecular flexibility index (Phi) is 7.98. The molecule has 252 valence electrons. The van der Waals surface area contributed by atoms with Gasteiger partial charge >= 0.3 is 0 Å². The predicted octanol–water partition coefficient (Wildman–Crippen LogP) is 2.64. The molecule has 2 aliphatic rings. The number of anilines is 1. The number of hydrogen-bond donors (Lipinski definition) is 1. The molecule has 0 radical (unpaired) electrons. The monoisotopic (exact) mass is 720 g/mol. The molecule has 2 aliphatic heterocycles. The maximum Gasteiger partial charge on any atom is 0.278 e. The van der Waals surface area contributed by atoms with Crippen LogP contribution in [0.1, 0.15) is 18.9 Å². The number of carbonyl (C=O) groups is 1. The summed E-state index contributed by atoms with van der Waals surface area (Å²) in [7, 11) is -6.12. The highest BCUT2D eigenvalue weighted by molar-refractivity contribution is 7.91. The zero-order chi connectivity index (χ0) is 34.6. The first kappa shape index (κ1) is 32.4. The van der Waals surface area contributed by atoms with Crippen molar-refractivity contribution >= 4 is 59.9 Å². The van der Waals surface area contributed by atoms with Crippen LogP contribution in [0.25, 0.3) is 28.0 Å². The van der Waals surface area contributed by atoms with E-state index < -0.39 is 31.5 Å². The summed E-state index contributed by atoms with van der Waals surface area (Å²) in [6.45, 7) is 1.73. The molecule has 1 saturated heterocycles. The fourth-order valence-corrected chi connectivity index (χ4v) is 9.77. The molecule has 0 spiro atoms. The molecule has 16 nitrogen and oxygen atoms in total. The summed E-state index contributed by atoms with van der Waals surface area (Å²) in [5.41, 5.74) is 0.952. The smallest absolute Gasteiger partial charge is 0.278 e. The van der Waals surface area contributed by atoms with E-state index in [-0.39, 0.29) is 59.0 Å². The fraction of sp³-hybridized carbons (Fsp3) is 0.267. The molecule has 5 aromatic rings. The first-order valence-electron chi connectivity index (χ1n) is 14.9. The Hall–Kier alpha value is -5.16. The minimum Gasteiger partial charge on any atom is -0.470 e. The lowest BCUT2D eigenvalue weighted by Gasteiger charge is -2.47. The van der Waals surface area contributed by atoms with Crippen LogP contribution in [0.15, 0.2) is 76.7 Å². The number of aromatic nitrogens is 6. The Morgan fingerprint density at radius 3 is 2.73 bits per heavy atom. The average Bonchev–Trinajstić information content (AvgIpc) is 3.85. The molecular formula is C30H28N10O6S3. The molecule has 0 unspecified atom stereocenters. The molecule has 0 aromatic carbocycles. The van der Waals surface area contributed by atoms with Gasteiger partial charge in [-0.25, -0.2) is 31.8 Å². The normalized spacial score (nSPS) is 17.0. The Labute approximate surface area is 285 Å². The Bertz CT molecular complexity index is 2390. The third-order valence-corrected chi connectivity index (χ3v) is 13.5. The van der Waals surface area contributed by atoms with Gasteiger partial charge in [-0.05, 0) is 36.6 Å². The van der Waals surface area contributed by atoms with E-state index >= 15 is 0 Å². The van der Waals surface area contributed by atoms with E-state index in [0.29, 0.717) is 22.3 Å². The van der Waals surface area contributed by atoms with Gasteiger partial charge in [0.2, 0.25) is 10.0 Å². The summed E-state index contributed by atoms with van der Waals surface area (Å²) in [5.74, 6) is -0.432. The van der Waals surface area contributed by atoms with E-state index in [9.17, 15) is 26.9 Å². The molecule has 7 rings (SSSR count). The molecule has 1 fully saturated rings. The number of ether oxygens (including phenoxy) is 1. The zero-order valence-electron chi connectivity index (χ0n) is 26.1. The second-order valence-corrected chi connectivity index (χ2v) is 16.7. The summed E-state index contributed by atoms with van der Waals surface area (Å²) in [6.07, 6.45) is 8.06. The highest BCUT2D eigenvalue weighted by Crippen LogP contribution is 2.41. The quantitative estimate of drug-likeness (QED) is 0.223. The van der Waals surface area contributed by atoms with Gasteiger partial charge in [-0.3, -0.25) is 18.3 Å². The van der Waals surface area contributed by atoms with Crippen molar-refractivity contribution < 1.29 is 26.4 Å². The fourth-order valence-electron chi connectivity index (χ4n) is 5.83. The first-order valence-corrected chi connectivity index (χ1v) is 18.8. The lowest BCUT2D eigenvalue weighted by atomic mass is 9.89. The van der Waals surface area contributed by atoms with Crippen LogP contribution in [0, 0.1) is 11.3 Å². The van der Waals surface area contributed by atoms with Crippen molar-refractivity contribution in [1.29, 1.82) is 5.26 Å². The van der Waals surface area contributed by atoms with E-state index in [1.54, 1.807) is 70.5 Å². The number of thiophene rings is 1. The van der Waals surface area contributed by atoms with E-state index in [4.69, 9.17) is 4.74 Å². The van der Waals surface area contributed by atoms with Crippen molar-refractivity contribution in [2.45, 2.75) is 29.8 Å². The van der Waals surface area contributed by atoms with Gasteiger partial charge in [-0.2, -0.15) is 14.7 Å². The van der Waals surface area contributed by atoms with Crippen LogP contribution < -0.4 is 5.32 Å². The number of rotatable bonds is 10. The van der Waals surface area contributed by atoms with Crippen LogP contribution in [-0.4, -0.2) is 86.5 Å². The number of nitrogens with zero attached hydrogens (tertiary/aromatic N) is 9. The van der Waals surface area contributed by atoms with Gasteiger partial charge in [0.25, 0.3) is 15.9 Å². The molecule has 5 aromatic heterocycles. The van der Waals surface area contributed by atoms with Crippen LogP contribution in [0.5, 0.6) is 0 Å². The van der Waals surface area contributed by atoms with Crippen LogP contribution >= 0.6 is 11.3 Å². The second kappa shape index (κ2) is 12.1. The molecule has 19 heteroatoms. The van der Waals surface area contributed by atoms with E-state index in [1.165, 1.54) is 23.9 Å². The molecule has 1 amide bonds. The first-order chi connectivity index (χ1) is 23.5. The van der Waals surface area contributed by atoms with Gasteiger partial charge in [-0.15, -0.1) is 11.3 Å². The van der Waals surface area contributed by atoms with Gasteiger partial charge in [0.05, 0.1) is 35.7 Å². The SMILES string of the molecule is CCS(=O)(=O)N1CC(CC#N)(n2cc(-c3ncnc4c3ccn4COC3=C(C(=O)Nc4ccccn4)N(C)S(=O)(=O)c4sccc43)cn2)C1. The number of pyridine rings is 1. The Balaban J connectivity index is 1.19. The molecule has 49 heavy (non-hydrogen) atoms. The summed E-state index contributed by atoms with van der Waals surface area (Å²) in [4.78, 5) is 26.6. The lowest BCUT2D eigenvalue weighted by Crippen LogP contribution is -2.64. The van der Waals surface area contributed by atoms with Gasteiger partial charge in [-0.1, -0.05) is 6.07 Å². The van der Waals surface area contributed by atoms with Crippen molar-refractivity contribution in [1.82, 2.24) is 37.9 Å². The number of carbonyl (C=O) groups excluding carboxylic acids is 1. The molecule has 0 atom stereocenters. The van der Waals surface area contributed by atoms with Gasteiger partial charge in [0, 0.05) is 49.7 Å². The highest BCUT2D eigenvalue weighted by Gasteiger charge is 2.50. The number of hydrogen-bond acceptors (Lipinski definition) is 12. The summed E-state index contributed by atoms with van der Waals surface area (Å²) >= 11 is 1.02. The number of amides is 1. The topological polar surface area (TPSA) is 198 Å². The van der Waals surface area contributed by atoms with E-state index in [2.05, 4.69) is 31.4 Å². The van der Waals surface area contributed by atoms with Crippen molar-refractivity contribution in [3.8, 4) is 17.3 Å². The molecule has 0 saturated carbocycles. The van der Waals surface area contributed by atoms with E-state index in [0.717, 1.165) is 15.6 Å².